The predicted octanol–water partition coefficient (Wildman–Crippen LogP) is 7.43. The summed E-state index contributed by atoms with van der Waals surface area (Å²) in [6.45, 7) is 5.79. The number of carbonyl (C=O) groups is 2. The molecule has 4 aliphatic heterocycles. The lowest BCUT2D eigenvalue weighted by Crippen LogP contribution is -2.50. The van der Waals surface area contributed by atoms with Gasteiger partial charge in [0.25, 0.3) is 0 Å². The van der Waals surface area contributed by atoms with Gasteiger partial charge in [0.1, 0.15) is 64.9 Å². The van der Waals surface area contributed by atoms with Gasteiger partial charge >= 0.3 is 6.01 Å². The molecule has 0 unspecified atom stereocenters. The lowest BCUT2D eigenvalue weighted by atomic mass is 9.95. The number of rotatable bonds is 16. The second kappa shape index (κ2) is 22.7. The Morgan fingerprint density at radius 2 is 1.72 bits per heavy atom. The lowest BCUT2D eigenvalue weighted by molar-refractivity contribution is -0.142. The number of phenolic OH excluding ortho intramolecular Hbond substituents is 1. The van der Waals surface area contributed by atoms with Crippen LogP contribution in [0.5, 0.6) is 17.5 Å². The third kappa shape index (κ3) is 10.5. The molecule has 4 fully saturated rings. The molecule has 20 heteroatoms. The van der Waals surface area contributed by atoms with E-state index in [1.54, 1.807) is 60.9 Å². The molecule has 5 aromatic carbocycles. The van der Waals surface area contributed by atoms with E-state index in [1.807, 2.05) is 38.1 Å². The van der Waals surface area contributed by atoms with Gasteiger partial charge in [0.15, 0.2) is 5.75 Å². The fourth-order valence-electron chi connectivity index (χ4n) is 11.9. The highest BCUT2D eigenvalue weighted by Gasteiger charge is 2.44. The minimum Gasteiger partial charge on any atom is -0.508 e. The molecular formula is C62H60F2N10O8. The topological polar surface area (TPSA) is 222 Å². The molecule has 5 N–H and O–H groups in total. The normalized spacial score (nSPS) is 19.7. The minimum absolute atomic E-state index is 0.00220. The molecule has 4 aliphatic rings. The third-order valence-electron chi connectivity index (χ3n) is 16.1. The number of piperazine rings is 1. The molecule has 6 atom stereocenters. The molecular weight excluding hydrogens is 1050 g/mol. The van der Waals surface area contributed by atoms with E-state index in [1.165, 1.54) is 33.8 Å². The van der Waals surface area contributed by atoms with E-state index >= 15 is 4.39 Å². The zero-order valence-electron chi connectivity index (χ0n) is 45.1. The molecule has 0 radical (unpaired) electrons. The van der Waals surface area contributed by atoms with Crippen LogP contribution < -0.4 is 25.0 Å². The maximum Gasteiger partial charge on any atom is 0.319 e. The number of anilines is 1. The van der Waals surface area contributed by atoms with Gasteiger partial charge in [-0.25, -0.2) is 13.5 Å². The largest absolute Gasteiger partial charge is 0.508 e. The number of hydrogen-bond donors (Lipinski definition) is 5. The van der Waals surface area contributed by atoms with Gasteiger partial charge in [-0.05, 0) is 58.7 Å². The number of ether oxygens (including phenoxy) is 3. The maximum atomic E-state index is 15.6. The number of aromatic hydroxyl groups is 1. The predicted molar refractivity (Wildman–Crippen MR) is 301 cm³/mol. The van der Waals surface area contributed by atoms with Crippen molar-refractivity contribution in [3.05, 3.63) is 138 Å². The van der Waals surface area contributed by atoms with Gasteiger partial charge in [0.2, 0.25) is 11.8 Å². The maximum absolute atomic E-state index is 15.6. The second-order valence-corrected chi connectivity index (χ2v) is 21.8. The van der Waals surface area contributed by atoms with Gasteiger partial charge in [0, 0.05) is 79.3 Å². The van der Waals surface area contributed by atoms with E-state index in [-0.39, 0.29) is 72.2 Å². The SMILES string of the molecule is C#Cc1c(F)ccc2cc(O)cc(-c3ncc4c(N5C[C@@H]6C[C@H]5CN6)nc(OC5CCOCC5)nc4c3OCc3ccc(-c4cn([C@H](C(=O)N5C[C@H](O)C[C@H]5C(=O)N[C@@H](CO)c5ccc(-c6ccccc6F)cc5)C(C)C)nn4)cc3)c12. The summed E-state index contributed by atoms with van der Waals surface area (Å²) < 4.78 is 50.6. The molecule has 0 spiro atoms. The monoisotopic (exact) mass is 1110 g/mol. The first-order valence-electron chi connectivity index (χ1n) is 27.6. The number of hydrogen-bond acceptors (Lipinski definition) is 15. The first-order chi connectivity index (χ1) is 39.8. The Bertz CT molecular complexity index is 3760. The molecule has 0 saturated carbocycles. The van der Waals surface area contributed by atoms with Crippen LogP contribution in [-0.2, 0) is 20.9 Å². The van der Waals surface area contributed by atoms with Crippen LogP contribution in [0.2, 0.25) is 0 Å². The smallest absolute Gasteiger partial charge is 0.319 e. The van der Waals surface area contributed by atoms with E-state index in [0.717, 1.165) is 25.1 Å². The Morgan fingerprint density at radius 3 is 2.44 bits per heavy atom. The van der Waals surface area contributed by atoms with Crippen LogP contribution in [0.1, 0.15) is 68.3 Å². The number of benzene rings is 5. The molecule has 420 valence electrons. The van der Waals surface area contributed by atoms with Crippen molar-refractivity contribution in [3.63, 3.8) is 0 Å². The van der Waals surface area contributed by atoms with Gasteiger partial charge in [-0.15, -0.1) is 11.5 Å². The van der Waals surface area contributed by atoms with Crippen LogP contribution in [0.3, 0.4) is 0 Å². The number of aliphatic hydroxyl groups is 2. The van der Waals surface area contributed by atoms with Gasteiger partial charge in [-0.1, -0.05) is 97.8 Å². The second-order valence-electron chi connectivity index (χ2n) is 21.8. The zero-order valence-corrected chi connectivity index (χ0v) is 45.1. The van der Waals surface area contributed by atoms with Crippen LogP contribution in [0.15, 0.2) is 109 Å². The average molecular weight is 1110 g/mol. The van der Waals surface area contributed by atoms with E-state index in [2.05, 4.69) is 31.8 Å². The summed E-state index contributed by atoms with van der Waals surface area (Å²) in [6.07, 6.45) is 10.4. The molecule has 82 heavy (non-hydrogen) atoms. The lowest BCUT2D eigenvalue weighted by Gasteiger charge is -2.30. The number of amides is 2. The number of phenols is 1. The molecule has 2 bridgehead atoms. The minimum atomic E-state index is -1.05. The van der Waals surface area contributed by atoms with Crippen molar-refractivity contribution >= 4 is 39.3 Å². The number of aliphatic hydroxyl groups excluding tert-OH is 2. The van der Waals surface area contributed by atoms with Crippen molar-refractivity contribution in [2.24, 2.45) is 5.92 Å². The number of aromatic nitrogens is 6. The molecule has 0 aliphatic carbocycles. The van der Waals surface area contributed by atoms with Crippen molar-refractivity contribution in [1.29, 1.82) is 0 Å². The first kappa shape index (κ1) is 54.0. The summed E-state index contributed by atoms with van der Waals surface area (Å²) in [4.78, 5) is 47.3. The number of fused-ring (bicyclic) bond motifs is 4. The molecule has 4 saturated heterocycles. The summed E-state index contributed by atoms with van der Waals surface area (Å²) in [6, 6.07) is 24.4. The number of nitrogens with one attached hydrogen (secondary N) is 2. The fourth-order valence-corrected chi connectivity index (χ4v) is 11.9. The summed E-state index contributed by atoms with van der Waals surface area (Å²) in [5, 5.41) is 49.2. The van der Waals surface area contributed by atoms with Crippen LogP contribution in [-0.4, -0.2) is 132 Å². The summed E-state index contributed by atoms with van der Waals surface area (Å²) >= 11 is 0. The first-order valence-corrected chi connectivity index (χ1v) is 27.6. The van der Waals surface area contributed by atoms with Gasteiger partial charge in [-0.3, -0.25) is 14.6 Å². The van der Waals surface area contributed by atoms with Crippen LogP contribution >= 0.6 is 0 Å². The number of halogens is 2. The number of β-amino-alcohol motifs (C(OH)–C–C–N with tert-alkyl or cyclic N) is 1. The number of nitrogens with zero attached hydrogens (tertiary/aromatic N) is 8. The van der Waals surface area contributed by atoms with E-state index in [9.17, 15) is 29.3 Å². The van der Waals surface area contributed by atoms with Gasteiger partial charge < -0.3 is 50.0 Å². The Morgan fingerprint density at radius 1 is 0.939 bits per heavy atom. The van der Waals surface area contributed by atoms with E-state index in [0.29, 0.717) is 93.1 Å². The fraction of sp³-hybridized carbons (Fsp3) is 0.339. The molecule has 12 rings (SSSR count). The summed E-state index contributed by atoms with van der Waals surface area (Å²) in [5.74, 6) is 1.03. The average Bonchev–Trinajstić information content (AvgIpc) is 3.68. The molecule has 18 nitrogen and oxygen atoms in total. The Kier molecular flexibility index (Phi) is 15.0. The quantitative estimate of drug-likeness (QED) is 0.0594. The van der Waals surface area contributed by atoms with E-state index in [4.69, 9.17) is 35.6 Å². The van der Waals surface area contributed by atoms with Crippen molar-refractivity contribution < 1.29 is 47.9 Å². The van der Waals surface area contributed by atoms with Crippen LogP contribution in [0.25, 0.3) is 55.3 Å². The Balaban J connectivity index is 0.815. The van der Waals surface area contributed by atoms with Gasteiger partial charge in [0.05, 0.1) is 49.1 Å². The zero-order chi connectivity index (χ0) is 56.8. The number of likely N-dealkylation sites (tertiary alicyclic amines) is 1. The Labute approximate surface area is 471 Å². The van der Waals surface area contributed by atoms with Crippen molar-refractivity contribution in [1.82, 2.24) is 45.5 Å². The highest BCUT2D eigenvalue weighted by atomic mass is 19.1. The van der Waals surface area contributed by atoms with Crippen molar-refractivity contribution in [2.45, 2.75) is 88.6 Å². The highest BCUT2D eigenvalue weighted by Crippen LogP contribution is 2.45. The molecule has 8 aromatic rings. The Hall–Kier alpha value is -8.61. The molecule has 3 aromatic heterocycles. The molecule has 7 heterocycles. The van der Waals surface area contributed by atoms with Gasteiger partial charge in [-0.2, -0.15) is 9.97 Å². The third-order valence-corrected chi connectivity index (χ3v) is 16.1. The standard InChI is InChI=1S/C62H60F2N10O8/c1-4-45-50(64)18-17-39-23-42(76)25-47(54(39)45)55-58(56-48(28-66-55)59(72-29-40-24-41(72)27-65-40)69-62(68-56)82-44-19-21-80-22-20-44)81-33-35-9-11-37(12-10-35)51-31-74(71-70-51)57(34(2)3)61(79)73-30-43(77)26-53(73)60(78)67-52(32-75)38-15-13-36(14-16-38)46-7-5-6-8-49(46)63/h1,5-18,23,25,28,31,34,40-41,43-44,52-53,57,65,75-77H,19-22,24,26-27,29-30,32-33H2,2-3H3,(H,67,78)/t40-,41-,43+,52-,53-,57-/m0/s1. The number of terminal acetylenes is 1. The number of pyridine rings is 1. The summed E-state index contributed by atoms with van der Waals surface area (Å²) in [7, 11) is 0. The van der Waals surface area contributed by atoms with Crippen molar-refractivity contribution in [3.8, 4) is 63.5 Å². The number of carbonyl (C=O) groups excluding carboxylic acids is 2. The summed E-state index contributed by atoms with van der Waals surface area (Å²) in [5.41, 5.74) is 4.51. The van der Waals surface area contributed by atoms with Crippen LogP contribution in [0.4, 0.5) is 14.6 Å². The highest BCUT2D eigenvalue weighted by molar-refractivity contribution is 6.05. The van der Waals surface area contributed by atoms with Crippen LogP contribution in [0, 0.1) is 29.9 Å². The van der Waals surface area contributed by atoms with E-state index < -0.39 is 48.5 Å². The molecule has 2 amide bonds. The van der Waals surface area contributed by atoms with Crippen molar-refractivity contribution in [2.75, 3.05) is 44.4 Å².